The van der Waals surface area contributed by atoms with Crippen molar-refractivity contribution in [3.63, 3.8) is 0 Å². The van der Waals surface area contributed by atoms with Crippen LogP contribution in [0.5, 0.6) is 0 Å². The van der Waals surface area contributed by atoms with Crippen molar-refractivity contribution in [1.29, 1.82) is 0 Å². The normalized spacial score (nSPS) is 13.6. The molecule has 19 heavy (non-hydrogen) atoms. The van der Waals surface area contributed by atoms with E-state index in [9.17, 15) is 14.0 Å². The zero-order valence-electron chi connectivity index (χ0n) is 10.9. The third-order valence-corrected chi connectivity index (χ3v) is 2.97. The Balaban J connectivity index is 2.58. The van der Waals surface area contributed by atoms with Crippen LogP contribution in [0.3, 0.4) is 0 Å². The Kier molecular flexibility index (Phi) is 5.00. The van der Waals surface area contributed by atoms with E-state index in [-0.39, 0.29) is 12.2 Å². The monoisotopic (exact) mass is 268 g/mol. The average molecular weight is 268 g/mol. The summed E-state index contributed by atoms with van der Waals surface area (Å²) < 4.78 is 13.3. The standard InChI is InChI=1S/C13H17FN2O3/c1-3-13(2,12(18)19)15-8-11(17)16-10-7-5-4-6-9(10)14/h4-7,15H,3,8H2,1-2H3,(H,16,17)(H,18,19). The van der Waals surface area contributed by atoms with E-state index in [1.54, 1.807) is 13.0 Å². The fraction of sp³-hybridized carbons (Fsp3) is 0.385. The molecule has 0 fully saturated rings. The molecule has 1 atom stereocenters. The summed E-state index contributed by atoms with van der Waals surface area (Å²) in [6, 6.07) is 5.78. The van der Waals surface area contributed by atoms with Crippen LogP contribution in [0.1, 0.15) is 20.3 Å². The van der Waals surface area contributed by atoms with E-state index in [1.165, 1.54) is 25.1 Å². The van der Waals surface area contributed by atoms with Crippen LogP contribution in [0.2, 0.25) is 0 Å². The highest BCUT2D eigenvalue weighted by Crippen LogP contribution is 2.12. The highest BCUT2D eigenvalue weighted by atomic mass is 19.1. The fourth-order valence-corrected chi connectivity index (χ4v) is 1.38. The van der Waals surface area contributed by atoms with Crippen molar-refractivity contribution in [3.05, 3.63) is 30.1 Å². The molecule has 104 valence electrons. The number of hydrogen-bond acceptors (Lipinski definition) is 3. The zero-order chi connectivity index (χ0) is 14.5. The van der Waals surface area contributed by atoms with Gasteiger partial charge < -0.3 is 10.4 Å². The number of carboxylic acid groups (broad SMARTS) is 1. The summed E-state index contributed by atoms with van der Waals surface area (Å²) in [6.45, 7) is 2.99. The Bertz CT molecular complexity index is 479. The highest BCUT2D eigenvalue weighted by molar-refractivity contribution is 5.93. The van der Waals surface area contributed by atoms with Crippen LogP contribution in [0.25, 0.3) is 0 Å². The molecule has 0 spiro atoms. The summed E-state index contributed by atoms with van der Waals surface area (Å²) in [5.41, 5.74) is -1.10. The van der Waals surface area contributed by atoms with Gasteiger partial charge in [0, 0.05) is 0 Å². The summed E-state index contributed by atoms with van der Waals surface area (Å²) >= 11 is 0. The summed E-state index contributed by atoms with van der Waals surface area (Å²) in [7, 11) is 0. The van der Waals surface area contributed by atoms with Gasteiger partial charge in [0.1, 0.15) is 11.4 Å². The first-order valence-corrected chi connectivity index (χ1v) is 5.92. The van der Waals surface area contributed by atoms with Crippen molar-refractivity contribution in [2.45, 2.75) is 25.8 Å². The van der Waals surface area contributed by atoms with E-state index in [4.69, 9.17) is 5.11 Å². The molecule has 1 unspecified atom stereocenters. The molecular formula is C13H17FN2O3. The first kappa shape index (κ1) is 15.1. The lowest BCUT2D eigenvalue weighted by Crippen LogP contribution is -2.51. The van der Waals surface area contributed by atoms with Gasteiger partial charge in [-0.2, -0.15) is 0 Å². The Morgan fingerprint density at radius 1 is 1.37 bits per heavy atom. The number of carbonyl (C=O) groups excluding carboxylic acids is 1. The molecule has 0 radical (unpaired) electrons. The van der Waals surface area contributed by atoms with Gasteiger partial charge in [-0.25, -0.2) is 4.39 Å². The first-order valence-electron chi connectivity index (χ1n) is 5.92. The molecule has 0 aliphatic heterocycles. The Labute approximate surface area is 110 Å². The van der Waals surface area contributed by atoms with Gasteiger partial charge in [-0.15, -0.1) is 0 Å². The van der Waals surface area contributed by atoms with E-state index in [1.807, 2.05) is 0 Å². The molecule has 1 rings (SSSR count). The van der Waals surface area contributed by atoms with E-state index in [0.717, 1.165) is 0 Å². The molecule has 0 heterocycles. The van der Waals surface area contributed by atoms with E-state index in [0.29, 0.717) is 6.42 Å². The summed E-state index contributed by atoms with van der Waals surface area (Å²) in [5.74, 6) is -2.06. The Morgan fingerprint density at radius 3 is 2.53 bits per heavy atom. The number of para-hydroxylation sites is 1. The van der Waals surface area contributed by atoms with Crippen LogP contribution in [-0.2, 0) is 9.59 Å². The van der Waals surface area contributed by atoms with Gasteiger partial charge >= 0.3 is 5.97 Å². The van der Waals surface area contributed by atoms with Gasteiger partial charge in [0.2, 0.25) is 5.91 Å². The maximum atomic E-state index is 13.3. The fourth-order valence-electron chi connectivity index (χ4n) is 1.38. The Morgan fingerprint density at radius 2 is 2.00 bits per heavy atom. The lowest BCUT2D eigenvalue weighted by atomic mass is 9.99. The van der Waals surface area contributed by atoms with Crippen LogP contribution in [0.15, 0.2) is 24.3 Å². The number of carbonyl (C=O) groups is 2. The second-order valence-corrected chi connectivity index (χ2v) is 4.37. The molecule has 0 saturated heterocycles. The number of rotatable bonds is 6. The van der Waals surface area contributed by atoms with Crippen molar-refractivity contribution >= 4 is 17.6 Å². The number of carboxylic acids is 1. The largest absolute Gasteiger partial charge is 0.480 e. The van der Waals surface area contributed by atoms with E-state index < -0.39 is 23.2 Å². The molecule has 5 nitrogen and oxygen atoms in total. The van der Waals surface area contributed by atoms with Crippen LogP contribution in [0, 0.1) is 5.82 Å². The summed E-state index contributed by atoms with van der Waals surface area (Å²) in [6.07, 6.45) is 0.329. The number of benzene rings is 1. The molecule has 1 amide bonds. The molecule has 0 aromatic heterocycles. The number of amides is 1. The van der Waals surface area contributed by atoms with Crippen molar-refractivity contribution in [3.8, 4) is 0 Å². The van der Waals surface area contributed by atoms with Gasteiger partial charge in [0.25, 0.3) is 0 Å². The quantitative estimate of drug-likeness (QED) is 0.732. The third-order valence-electron chi connectivity index (χ3n) is 2.97. The lowest BCUT2D eigenvalue weighted by Gasteiger charge is -2.24. The molecule has 1 aromatic rings. The van der Waals surface area contributed by atoms with E-state index >= 15 is 0 Å². The summed E-state index contributed by atoms with van der Waals surface area (Å²) in [4.78, 5) is 22.6. The van der Waals surface area contributed by atoms with Gasteiger partial charge in [-0.1, -0.05) is 19.1 Å². The molecule has 1 aromatic carbocycles. The number of aliphatic carboxylic acids is 1. The number of anilines is 1. The minimum Gasteiger partial charge on any atom is -0.480 e. The van der Waals surface area contributed by atoms with Gasteiger partial charge in [0.05, 0.1) is 12.2 Å². The summed E-state index contributed by atoms with van der Waals surface area (Å²) in [5, 5.41) is 14.1. The molecular weight excluding hydrogens is 251 g/mol. The highest BCUT2D eigenvalue weighted by Gasteiger charge is 2.30. The topological polar surface area (TPSA) is 78.4 Å². The maximum Gasteiger partial charge on any atom is 0.323 e. The number of hydrogen-bond donors (Lipinski definition) is 3. The van der Waals surface area contributed by atoms with Crippen molar-refractivity contribution in [2.75, 3.05) is 11.9 Å². The van der Waals surface area contributed by atoms with E-state index in [2.05, 4.69) is 10.6 Å². The predicted molar refractivity (Wildman–Crippen MR) is 69.4 cm³/mol. The van der Waals surface area contributed by atoms with Crippen LogP contribution >= 0.6 is 0 Å². The zero-order valence-corrected chi connectivity index (χ0v) is 10.9. The molecule has 0 aliphatic carbocycles. The average Bonchev–Trinajstić information content (AvgIpc) is 2.38. The molecule has 6 heteroatoms. The number of halogens is 1. The second-order valence-electron chi connectivity index (χ2n) is 4.37. The van der Waals surface area contributed by atoms with Crippen LogP contribution in [0.4, 0.5) is 10.1 Å². The van der Waals surface area contributed by atoms with Gasteiger partial charge in [-0.3, -0.25) is 14.9 Å². The number of nitrogens with one attached hydrogen (secondary N) is 2. The molecule has 3 N–H and O–H groups in total. The second kappa shape index (κ2) is 6.29. The van der Waals surface area contributed by atoms with Gasteiger partial charge in [-0.05, 0) is 25.5 Å². The predicted octanol–water partition coefficient (Wildman–Crippen LogP) is 1.61. The molecule has 0 aliphatic rings. The van der Waals surface area contributed by atoms with Crippen molar-refractivity contribution in [1.82, 2.24) is 5.32 Å². The van der Waals surface area contributed by atoms with Crippen molar-refractivity contribution < 1.29 is 19.1 Å². The lowest BCUT2D eigenvalue weighted by molar-refractivity contribution is -0.144. The Hall–Kier alpha value is -1.95. The minimum atomic E-state index is -1.17. The third kappa shape index (κ3) is 4.03. The van der Waals surface area contributed by atoms with Crippen LogP contribution < -0.4 is 10.6 Å². The van der Waals surface area contributed by atoms with Crippen LogP contribution in [-0.4, -0.2) is 29.1 Å². The maximum absolute atomic E-state index is 13.3. The molecule has 0 saturated carbocycles. The van der Waals surface area contributed by atoms with Gasteiger partial charge in [0.15, 0.2) is 0 Å². The minimum absolute atomic E-state index is 0.0721. The molecule has 0 bridgehead atoms. The van der Waals surface area contributed by atoms with Crippen molar-refractivity contribution in [2.24, 2.45) is 0 Å². The smallest absolute Gasteiger partial charge is 0.323 e. The SMILES string of the molecule is CCC(C)(NCC(=O)Nc1ccccc1F)C(=O)O. The first-order chi connectivity index (χ1) is 8.89.